The van der Waals surface area contributed by atoms with Gasteiger partial charge in [0.1, 0.15) is 0 Å². The minimum Gasteiger partial charge on any atom is -0.371 e. The Morgan fingerprint density at radius 2 is 2.07 bits per heavy atom. The van der Waals surface area contributed by atoms with Crippen molar-refractivity contribution >= 4 is 0 Å². The van der Waals surface area contributed by atoms with Crippen LogP contribution in [0.4, 0.5) is 13.2 Å². The quantitative estimate of drug-likeness (QED) is 0.779. The van der Waals surface area contributed by atoms with Gasteiger partial charge < -0.3 is 10.5 Å². The van der Waals surface area contributed by atoms with Crippen molar-refractivity contribution in [3.8, 4) is 0 Å². The highest BCUT2D eigenvalue weighted by Crippen LogP contribution is 2.21. The van der Waals surface area contributed by atoms with Crippen LogP contribution in [0.2, 0.25) is 0 Å². The zero-order valence-electron chi connectivity index (χ0n) is 8.76. The van der Waals surface area contributed by atoms with Gasteiger partial charge in [-0.25, -0.2) is 0 Å². The van der Waals surface area contributed by atoms with Gasteiger partial charge in [0.05, 0.1) is 18.6 Å². The summed E-state index contributed by atoms with van der Waals surface area (Å²) in [6.45, 7) is 3.28. The van der Waals surface area contributed by atoms with Crippen LogP contribution in [0.15, 0.2) is 0 Å². The van der Waals surface area contributed by atoms with Crippen molar-refractivity contribution < 1.29 is 17.9 Å². The van der Waals surface area contributed by atoms with E-state index in [4.69, 9.17) is 10.5 Å². The zero-order chi connectivity index (χ0) is 11.5. The second-order valence-electron chi connectivity index (χ2n) is 3.93. The lowest BCUT2D eigenvalue weighted by Crippen LogP contribution is -2.49. The topological polar surface area (TPSA) is 38.5 Å². The molecule has 0 aromatic carbocycles. The first-order valence-corrected chi connectivity index (χ1v) is 5.05. The molecule has 1 rings (SSSR count). The fourth-order valence-electron chi connectivity index (χ4n) is 1.74. The van der Waals surface area contributed by atoms with Crippen LogP contribution in [0.3, 0.4) is 0 Å². The average Bonchev–Trinajstić information content (AvgIpc) is 2.13. The number of nitrogens with two attached hydrogens (primary N) is 1. The van der Waals surface area contributed by atoms with Gasteiger partial charge in [0, 0.05) is 26.2 Å². The number of halogens is 3. The molecule has 1 saturated heterocycles. The minimum atomic E-state index is -4.08. The maximum absolute atomic E-state index is 12.0. The predicted molar refractivity (Wildman–Crippen MR) is 50.5 cm³/mol. The summed E-state index contributed by atoms with van der Waals surface area (Å²) in [7, 11) is 0. The van der Waals surface area contributed by atoms with Crippen molar-refractivity contribution in [2.24, 2.45) is 5.73 Å². The number of hydrogen-bond donors (Lipinski definition) is 1. The van der Waals surface area contributed by atoms with E-state index in [1.165, 1.54) is 0 Å². The molecule has 1 fully saturated rings. The number of ether oxygens (including phenoxy) is 1. The molecule has 0 saturated carbocycles. The van der Waals surface area contributed by atoms with E-state index >= 15 is 0 Å². The number of morpholine rings is 1. The Morgan fingerprint density at radius 3 is 2.60 bits per heavy atom. The molecule has 2 N–H and O–H groups in total. The van der Waals surface area contributed by atoms with Crippen LogP contribution in [-0.2, 0) is 4.74 Å². The highest BCUT2D eigenvalue weighted by atomic mass is 19.4. The molecule has 0 aromatic heterocycles. The number of nitrogens with zero attached hydrogens (tertiary/aromatic N) is 1. The summed E-state index contributed by atoms with van der Waals surface area (Å²) < 4.78 is 41.5. The summed E-state index contributed by atoms with van der Waals surface area (Å²) in [5.74, 6) is 0. The molecule has 90 valence electrons. The molecule has 1 heterocycles. The molecule has 1 aliphatic rings. The molecule has 0 radical (unpaired) electrons. The van der Waals surface area contributed by atoms with Crippen molar-refractivity contribution in [3.05, 3.63) is 0 Å². The van der Waals surface area contributed by atoms with E-state index in [0.717, 1.165) is 0 Å². The van der Waals surface area contributed by atoms with Gasteiger partial charge in [0.2, 0.25) is 0 Å². The third kappa shape index (κ3) is 4.81. The molecule has 6 heteroatoms. The molecule has 2 atom stereocenters. The van der Waals surface area contributed by atoms with Crippen molar-refractivity contribution in [1.29, 1.82) is 0 Å². The Kier molecular flexibility index (Phi) is 4.36. The third-order valence-electron chi connectivity index (χ3n) is 2.38. The van der Waals surface area contributed by atoms with Crippen LogP contribution in [0.25, 0.3) is 0 Å². The fourth-order valence-corrected chi connectivity index (χ4v) is 1.74. The molecule has 0 aromatic rings. The normalized spacial score (nSPS) is 29.4. The summed E-state index contributed by atoms with van der Waals surface area (Å²) in [4.78, 5) is 1.76. The Balaban J connectivity index is 2.35. The summed E-state index contributed by atoms with van der Waals surface area (Å²) in [5, 5.41) is 0. The van der Waals surface area contributed by atoms with Crippen LogP contribution in [0.5, 0.6) is 0 Å². The largest absolute Gasteiger partial charge is 0.390 e. The zero-order valence-corrected chi connectivity index (χ0v) is 8.76. The second-order valence-corrected chi connectivity index (χ2v) is 3.93. The van der Waals surface area contributed by atoms with Crippen LogP contribution < -0.4 is 5.73 Å². The maximum Gasteiger partial charge on any atom is 0.390 e. The van der Waals surface area contributed by atoms with Crippen LogP contribution in [0.1, 0.15) is 13.3 Å². The van der Waals surface area contributed by atoms with Gasteiger partial charge in [-0.3, -0.25) is 4.90 Å². The van der Waals surface area contributed by atoms with Crippen molar-refractivity contribution in [1.82, 2.24) is 4.90 Å². The second kappa shape index (κ2) is 5.14. The van der Waals surface area contributed by atoms with Crippen molar-refractivity contribution in [2.45, 2.75) is 31.7 Å². The minimum absolute atomic E-state index is 0.0354. The monoisotopic (exact) mass is 226 g/mol. The lowest BCUT2D eigenvalue weighted by Gasteiger charge is -2.36. The van der Waals surface area contributed by atoms with E-state index in [1.807, 2.05) is 6.92 Å². The van der Waals surface area contributed by atoms with Gasteiger partial charge >= 0.3 is 6.18 Å². The van der Waals surface area contributed by atoms with Gasteiger partial charge in [-0.1, -0.05) is 0 Å². The van der Waals surface area contributed by atoms with Crippen molar-refractivity contribution in [3.63, 3.8) is 0 Å². The van der Waals surface area contributed by atoms with Gasteiger partial charge in [-0.05, 0) is 6.92 Å². The summed E-state index contributed by atoms with van der Waals surface area (Å²) >= 11 is 0. The maximum atomic E-state index is 12.0. The molecule has 0 bridgehead atoms. The molecule has 3 nitrogen and oxygen atoms in total. The average molecular weight is 226 g/mol. The molecule has 0 aliphatic carbocycles. The summed E-state index contributed by atoms with van der Waals surface area (Å²) in [5.41, 5.74) is 5.44. The van der Waals surface area contributed by atoms with Crippen LogP contribution >= 0.6 is 0 Å². The molecule has 0 spiro atoms. The van der Waals surface area contributed by atoms with Gasteiger partial charge in [0.25, 0.3) is 0 Å². The lowest BCUT2D eigenvalue weighted by atomic mass is 10.2. The first-order valence-electron chi connectivity index (χ1n) is 5.05. The van der Waals surface area contributed by atoms with E-state index in [1.54, 1.807) is 4.90 Å². The molecular weight excluding hydrogens is 209 g/mol. The number of hydrogen-bond acceptors (Lipinski definition) is 3. The van der Waals surface area contributed by atoms with E-state index < -0.39 is 12.6 Å². The Labute approximate surface area is 87.4 Å². The molecule has 1 aliphatic heterocycles. The third-order valence-corrected chi connectivity index (χ3v) is 2.38. The predicted octanol–water partition coefficient (Wildman–Crippen LogP) is 0.987. The highest BCUT2D eigenvalue weighted by molar-refractivity contribution is 4.76. The first kappa shape index (κ1) is 12.7. The molecule has 2 unspecified atom stereocenters. The summed E-state index contributed by atoms with van der Waals surface area (Å²) in [6, 6.07) is 0. The first-order chi connectivity index (χ1) is 6.90. The number of alkyl halides is 3. The fraction of sp³-hybridized carbons (Fsp3) is 1.00. The molecular formula is C9H17F3N2O. The smallest absolute Gasteiger partial charge is 0.371 e. The van der Waals surface area contributed by atoms with E-state index in [9.17, 15) is 13.2 Å². The lowest BCUT2D eigenvalue weighted by molar-refractivity contribution is -0.145. The van der Waals surface area contributed by atoms with Crippen LogP contribution in [0, 0.1) is 0 Å². The van der Waals surface area contributed by atoms with E-state index in [0.29, 0.717) is 19.6 Å². The Bertz CT molecular complexity index is 198. The molecule has 15 heavy (non-hydrogen) atoms. The van der Waals surface area contributed by atoms with Gasteiger partial charge in [-0.2, -0.15) is 13.2 Å². The van der Waals surface area contributed by atoms with E-state index in [2.05, 4.69) is 0 Å². The van der Waals surface area contributed by atoms with Gasteiger partial charge in [-0.15, -0.1) is 0 Å². The Morgan fingerprint density at radius 1 is 1.40 bits per heavy atom. The van der Waals surface area contributed by atoms with Gasteiger partial charge in [0.15, 0.2) is 0 Å². The van der Waals surface area contributed by atoms with Crippen molar-refractivity contribution in [2.75, 3.05) is 26.2 Å². The van der Waals surface area contributed by atoms with Crippen LogP contribution in [-0.4, -0.2) is 49.5 Å². The SMILES string of the molecule is CC1CN(CCC(F)(F)F)CC(CN)O1. The Hall–Kier alpha value is -0.330. The highest BCUT2D eigenvalue weighted by Gasteiger charge is 2.30. The molecule has 0 amide bonds. The summed E-state index contributed by atoms with van der Waals surface area (Å²) in [6.07, 6.45) is -5.03. The number of rotatable bonds is 3. The van der Waals surface area contributed by atoms with E-state index in [-0.39, 0.29) is 18.8 Å². The standard InChI is InChI=1S/C9H17F3N2O/c1-7-5-14(3-2-9(10,11)12)6-8(4-13)15-7/h7-8H,2-6,13H2,1H3.